The fraction of sp³-hybridized carbons (Fsp3) is 0.857. The summed E-state index contributed by atoms with van der Waals surface area (Å²) in [5.41, 5.74) is 0. The van der Waals surface area contributed by atoms with Gasteiger partial charge in [0.15, 0.2) is 0 Å². The van der Waals surface area contributed by atoms with E-state index in [0.717, 1.165) is 6.42 Å². The summed E-state index contributed by atoms with van der Waals surface area (Å²) >= 11 is 0. The molecule has 0 amide bonds. The quantitative estimate of drug-likeness (QED) is 0.520. The number of hydrogen-bond donors (Lipinski definition) is 0. The van der Waals surface area contributed by atoms with E-state index in [9.17, 15) is 9.36 Å². The van der Waals surface area contributed by atoms with Gasteiger partial charge in [0.25, 0.3) is 0 Å². The summed E-state index contributed by atoms with van der Waals surface area (Å²) in [4.78, 5) is 10.5. The van der Waals surface area contributed by atoms with Crippen molar-refractivity contribution in [3.63, 3.8) is 0 Å². The Labute approximate surface area is 77.2 Å². The highest BCUT2D eigenvalue weighted by Crippen LogP contribution is 2.35. The molecule has 1 heterocycles. The first-order valence-corrected chi connectivity index (χ1v) is 5.56. The molecule has 76 valence electrons. The Hall–Kier alpha value is -0.540. The molecule has 1 saturated heterocycles. The Kier molecular flexibility index (Phi) is 3.75. The van der Waals surface area contributed by atoms with Crippen LogP contribution in [0.4, 0.5) is 4.79 Å². The smallest absolute Gasteiger partial charge is 0.430 e. The summed E-state index contributed by atoms with van der Waals surface area (Å²) in [7, 11) is -2.33. The van der Waals surface area contributed by atoms with Crippen molar-refractivity contribution >= 4 is 14.2 Å². The van der Waals surface area contributed by atoms with Gasteiger partial charge in [-0.25, -0.2) is 4.79 Å². The third kappa shape index (κ3) is 3.01. The number of ether oxygens (including phenoxy) is 2. The van der Waals surface area contributed by atoms with Crippen molar-refractivity contribution in [1.82, 2.24) is 0 Å². The number of hydrogen-bond acceptors (Lipinski definition) is 5. The Balaban J connectivity index is 2.35. The fourth-order valence-corrected chi connectivity index (χ4v) is 1.93. The molecule has 0 saturated carbocycles. The summed E-state index contributed by atoms with van der Waals surface area (Å²) in [5, 5.41) is 0. The fourth-order valence-electron chi connectivity index (χ4n) is 0.802. The number of carbonyl (C=O) groups is 1. The van der Waals surface area contributed by atoms with E-state index in [1.807, 2.05) is 13.8 Å². The summed E-state index contributed by atoms with van der Waals surface area (Å²) in [5.74, 6) is -0.702. The summed E-state index contributed by atoms with van der Waals surface area (Å²) in [6, 6.07) is 0. The van der Waals surface area contributed by atoms with Crippen molar-refractivity contribution in [3.8, 4) is 0 Å². The highest BCUT2D eigenvalue weighted by atomic mass is 31.1. The van der Waals surface area contributed by atoms with E-state index in [2.05, 4.69) is 9.47 Å². The largest absolute Gasteiger partial charge is 0.509 e. The molecule has 1 aliphatic rings. The number of carbonyl (C=O) groups excluding carboxylic acids is 1. The van der Waals surface area contributed by atoms with Gasteiger partial charge in [-0.2, -0.15) is 0 Å². The molecule has 5 nitrogen and oxygen atoms in total. The van der Waals surface area contributed by atoms with Gasteiger partial charge in [-0.05, 0) is 13.3 Å². The Morgan fingerprint density at radius 3 is 2.92 bits per heavy atom. The molecule has 0 aromatic carbocycles. The monoisotopic (exact) mass is 208 g/mol. The highest BCUT2D eigenvalue weighted by Gasteiger charge is 2.31. The Morgan fingerprint density at radius 2 is 2.46 bits per heavy atom. The van der Waals surface area contributed by atoms with Crippen molar-refractivity contribution in [2.24, 2.45) is 0 Å². The van der Waals surface area contributed by atoms with Gasteiger partial charge in [0.05, 0.1) is 6.10 Å². The van der Waals surface area contributed by atoms with E-state index in [-0.39, 0.29) is 12.7 Å². The molecule has 0 aliphatic carbocycles. The van der Waals surface area contributed by atoms with Crippen molar-refractivity contribution in [1.29, 1.82) is 0 Å². The van der Waals surface area contributed by atoms with E-state index in [1.54, 1.807) is 0 Å². The second-order valence-electron chi connectivity index (χ2n) is 2.82. The molecule has 0 bridgehead atoms. The average Bonchev–Trinajstić information content (AvgIpc) is 2.51. The molecular formula is C7H13O5P. The third-order valence-corrected chi connectivity index (χ3v) is 3.19. The van der Waals surface area contributed by atoms with Gasteiger partial charge < -0.3 is 14.0 Å². The van der Waals surface area contributed by atoms with Crippen LogP contribution in [0.3, 0.4) is 0 Å². The zero-order valence-corrected chi connectivity index (χ0v) is 8.61. The molecule has 3 unspecified atom stereocenters. The van der Waals surface area contributed by atoms with Crippen LogP contribution >= 0.6 is 8.03 Å². The second-order valence-corrected chi connectivity index (χ2v) is 4.34. The summed E-state index contributed by atoms with van der Waals surface area (Å²) in [6.45, 7) is 3.78. The van der Waals surface area contributed by atoms with E-state index in [0.29, 0.717) is 0 Å². The van der Waals surface area contributed by atoms with Crippen LogP contribution in [-0.4, -0.2) is 24.7 Å². The van der Waals surface area contributed by atoms with Crippen molar-refractivity contribution in [2.75, 3.05) is 6.61 Å². The zero-order valence-electron chi connectivity index (χ0n) is 7.61. The predicted octanol–water partition coefficient (Wildman–Crippen LogP) is 1.77. The van der Waals surface area contributed by atoms with Gasteiger partial charge in [0.1, 0.15) is 6.61 Å². The van der Waals surface area contributed by atoms with E-state index >= 15 is 0 Å². The molecule has 0 N–H and O–H groups in total. The molecule has 0 radical (unpaired) electrons. The summed E-state index contributed by atoms with van der Waals surface area (Å²) < 4.78 is 25.6. The van der Waals surface area contributed by atoms with E-state index in [4.69, 9.17) is 4.52 Å². The molecule has 1 aliphatic heterocycles. The zero-order chi connectivity index (χ0) is 9.84. The molecule has 1 rings (SSSR count). The lowest BCUT2D eigenvalue weighted by molar-refractivity contribution is 0.124. The Morgan fingerprint density at radius 1 is 1.77 bits per heavy atom. The summed E-state index contributed by atoms with van der Waals surface area (Å²) in [6.07, 6.45) is -0.0698. The van der Waals surface area contributed by atoms with E-state index < -0.39 is 20.0 Å². The minimum atomic E-state index is -2.33. The third-order valence-electron chi connectivity index (χ3n) is 1.75. The molecule has 3 atom stereocenters. The first-order chi connectivity index (χ1) is 6.13. The van der Waals surface area contributed by atoms with Crippen molar-refractivity contribution < 1.29 is 23.4 Å². The van der Waals surface area contributed by atoms with Crippen LogP contribution in [0, 0.1) is 0 Å². The SMILES string of the molecule is CCC(C)O[PH](=O)C1COC(=O)O1. The maximum atomic E-state index is 11.4. The molecule has 0 aromatic rings. The lowest BCUT2D eigenvalue weighted by Crippen LogP contribution is -2.09. The van der Waals surface area contributed by atoms with E-state index in [1.165, 1.54) is 0 Å². The maximum absolute atomic E-state index is 11.4. The first-order valence-electron chi connectivity index (χ1n) is 4.17. The minimum Gasteiger partial charge on any atom is -0.430 e. The van der Waals surface area contributed by atoms with Crippen LogP contribution < -0.4 is 0 Å². The van der Waals surface area contributed by atoms with Gasteiger partial charge >= 0.3 is 6.16 Å². The lowest BCUT2D eigenvalue weighted by atomic mass is 10.3. The van der Waals surface area contributed by atoms with Crippen LogP contribution in [0.5, 0.6) is 0 Å². The van der Waals surface area contributed by atoms with Gasteiger partial charge in [-0.15, -0.1) is 0 Å². The van der Waals surface area contributed by atoms with Gasteiger partial charge in [0.2, 0.25) is 13.9 Å². The van der Waals surface area contributed by atoms with Crippen LogP contribution in [-0.2, 0) is 18.6 Å². The topological polar surface area (TPSA) is 61.8 Å². The highest BCUT2D eigenvalue weighted by molar-refractivity contribution is 7.39. The molecule has 0 spiro atoms. The predicted molar refractivity (Wildman–Crippen MR) is 46.1 cm³/mol. The van der Waals surface area contributed by atoms with Crippen LogP contribution in [0.1, 0.15) is 20.3 Å². The van der Waals surface area contributed by atoms with Gasteiger partial charge in [-0.3, -0.25) is 4.57 Å². The van der Waals surface area contributed by atoms with Crippen LogP contribution in [0.25, 0.3) is 0 Å². The van der Waals surface area contributed by atoms with Crippen molar-refractivity contribution in [3.05, 3.63) is 0 Å². The Bertz CT molecular complexity index is 217. The lowest BCUT2D eigenvalue weighted by Gasteiger charge is -2.12. The molecule has 6 heteroatoms. The molecule has 13 heavy (non-hydrogen) atoms. The minimum absolute atomic E-state index is 0.0348. The standard InChI is InChI=1S/C7H13O5P/c1-3-5(2)12-13(9)6-4-10-7(8)11-6/h5-6,13H,3-4H2,1-2H3. The van der Waals surface area contributed by atoms with Crippen LogP contribution in [0.15, 0.2) is 0 Å². The van der Waals surface area contributed by atoms with Crippen molar-refractivity contribution in [2.45, 2.75) is 32.2 Å². The molecule has 0 aromatic heterocycles. The first kappa shape index (κ1) is 10.5. The second kappa shape index (κ2) is 4.63. The maximum Gasteiger partial charge on any atom is 0.509 e. The molecular weight excluding hydrogens is 195 g/mol. The molecule has 1 fully saturated rings. The van der Waals surface area contributed by atoms with Crippen LogP contribution in [0.2, 0.25) is 0 Å². The average molecular weight is 208 g/mol. The van der Waals surface area contributed by atoms with Gasteiger partial charge in [-0.1, -0.05) is 6.92 Å². The number of cyclic esters (lactones) is 2. The normalized spacial score (nSPS) is 26.3. The number of rotatable bonds is 4. The van der Waals surface area contributed by atoms with Gasteiger partial charge in [0, 0.05) is 0 Å².